The van der Waals surface area contributed by atoms with E-state index in [1.165, 1.54) is 5.56 Å². The molecule has 1 aliphatic rings. The van der Waals surface area contributed by atoms with Crippen molar-refractivity contribution in [1.29, 1.82) is 0 Å². The van der Waals surface area contributed by atoms with E-state index >= 15 is 0 Å². The highest BCUT2D eigenvalue weighted by Gasteiger charge is 2.61. The van der Waals surface area contributed by atoms with Gasteiger partial charge in [-0.15, -0.1) is 11.3 Å². The van der Waals surface area contributed by atoms with Gasteiger partial charge in [-0.2, -0.15) is 0 Å². The maximum Gasteiger partial charge on any atom is 0.232 e. The summed E-state index contributed by atoms with van der Waals surface area (Å²) in [5, 5.41) is 5.32. The molecule has 3 atom stereocenters. The Kier molecular flexibility index (Phi) is 4.83. The van der Waals surface area contributed by atoms with Gasteiger partial charge in [0.25, 0.3) is 0 Å². The molecule has 1 unspecified atom stereocenters. The van der Waals surface area contributed by atoms with Crippen molar-refractivity contribution in [3.8, 4) is 0 Å². The van der Waals surface area contributed by atoms with Gasteiger partial charge in [0, 0.05) is 10.9 Å². The summed E-state index contributed by atoms with van der Waals surface area (Å²) in [4.78, 5) is 14.1. The first-order valence-corrected chi connectivity index (χ1v) is 9.17. The fourth-order valence-corrected chi connectivity index (χ4v) is 4.36. The minimum Gasteiger partial charge on any atom is -0.352 e. The number of rotatable bonds is 7. The summed E-state index contributed by atoms with van der Waals surface area (Å²) >= 11 is 1.66. The molecule has 23 heavy (non-hydrogen) atoms. The van der Waals surface area contributed by atoms with Crippen LogP contribution in [-0.4, -0.2) is 18.5 Å². The van der Waals surface area contributed by atoms with Crippen molar-refractivity contribution in [1.82, 2.24) is 5.32 Å². The van der Waals surface area contributed by atoms with E-state index < -0.39 is 0 Å². The molecule has 4 heteroatoms. The molecule has 3 N–H and O–H groups in total. The number of hydrogen-bond donors (Lipinski definition) is 2. The van der Waals surface area contributed by atoms with Crippen LogP contribution in [-0.2, 0) is 16.6 Å². The fourth-order valence-electron chi connectivity index (χ4n) is 3.35. The normalized spacial score (nSPS) is 24.2. The summed E-state index contributed by atoms with van der Waals surface area (Å²) in [6.45, 7) is 2.69. The first-order valence-electron chi connectivity index (χ1n) is 8.29. The number of benzene rings is 1. The third-order valence-corrected chi connectivity index (χ3v) is 5.96. The second kappa shape index (κ2) is 6.85. The van der Waals surface area contributed by atoms with Crippen LogP contribution in [0.3, 0.4) is 0 Å². The molecule has 1 heterocycles. The van der Waals surface area contributed by atoms with Crippen molar-refractivity contribution in [3.63, 3.8) is 0 Å². The molecular formula is C19H24N2OS. The number of thiophene rings is 1. The van der Waals surface area contributed by atoms with E-state index in [0.29, 0.717) is 6.54 Å². The lowest BCUT2D eigenvalue weighted by Crippen LogP contribution is -2.43. The SMILES string of the molecule is CCC(Cc1ccccc1)NC(=O)[C@@]1(c2cccs2)C[C@H]1CN. The van der Waals surface area contributed by atoms with Gasteiger partial charge in [0.1, 0.15) is 0 Å². The number of amides is 1. The molecule has 0 radical (unpaired) electrons. The third-order valence-electron chi connectivity index (χ3n) is 4.91. The Morgan fingerprint density at radius 1 is 1.35 bits per heavy atom. The van der Waals surface area contributed by atoms with Gasteiger partial charge in [-0.1, -0.05) is 43.3 Å². The van der Waals surface area contributed by atoms with E-state index in [9.17, 15) is 4.79 Å². The van der Waals surface area contributed by atoms with Gasteiger partial charge in [0.05, 0.1) is 5.41 Å². The third kappa shape index (κ3) is 3.19. The van der Waals surface area contributed by atoms with E-state index in [1.807, 2.05) is 29.6 Å². The first-order chi connectivity index (χ1) is 11.2. The van der Waals surface area contributed by atoms with Crippen molar-refractivity contribution in [2.24, 2.45) is 11.7 Å². The predicted octanol–water partition coefficient (Wildman–Crippen LogP) is 3.10. The molecule has 0 saturated heterocycles. The van der Waals surface area contributed by atoms with Crippen LogP contribution in [0.1, 0.15) is 30.2 Å². The average molecular weight is 328 g/mol. The zero-order valence-corrected chi connectivity index (χ0v) is 14.3. The molecule has 2 aromatic rings. The highest BCUT2D eigenvalue weighted by molar-refractivity contribution is 7.10. The van der Waals surface area contributed by atoms with Crippen LogP contribution in [0, 0.1) is 5.92 Å². The Bertz CT molecular complexity index is 641. The van der Waals surface area contributed by atoms with Crippen molar-refractivity contribution in [2.45, 2.75) is 37.6 Å². The van der Waals surface area contributed by atoms with E-state index in [0.717, 1.165) is 24.1 Å². The van der Waals surface area contributed by atoms with Crippen molar-refractivity contribution in [3.05, 3.63) is 58.3 Å². The number of nitrogens with two attached hydrogens (primary N) is 1. The topological polar surface area (TPSA) is 55.1 Å². The summed E-state index contributed by atoms with van der Waals surface area (Å²) in [7, 11) is 0. The lowest BCUT2D eigenvalue weighted by atomic mass is 9.97. The monoisotopic (exact) mass is 328 g/mol. The van der Waals surface area contributed by atoms with E-state index in [-0.39, 0.29) is 23.3 Å². The van der Waals surface area contributed by atoms with E-state index in [1.54, 1.807) is 11.3 Å². The fraction of sp³-hybridized carbons (Fsp3) is 0.421. The van der Waals surface area contributed by atoms with Gasteiger partial charge in [-0.05, 0) is 48.7 Å². The summed E-state index contributed by atoms with van der Waals surface area (Å²) < 4.78 is 0. The van der Waals surface area contributed by atoms with E-state index in [4.69, 9.17) is 5.73 Å². The molecule has 3 rings (SSSR count). The Morgan fingerprint density at radius 3 is 2.70 bits per heavy atom. The number of carbonyl (C=O) groups excluding carboxylic acids is 1. The zero-order valence-electron chi connectivity index (χ0n) is 13.5. The average Bonchev–Trinajstić information content (AvgIpc) is 3.08. The highest BCUT2D eigenvalue weighted by atomic mass is 32.1. The molecule has 3 nitrogen and oxygen atoms in total. The van der Waals surface area contributed by atoms with Gasteiger partial charge in [-0.25, -0.2) is 0 Å². The van der Waals surface area contributed by atoms with Gasteiger partial charge >= 0.3 is 0 Å². The van der Waals surface area contributed by atoms with Gasteiger partial charge in [-0.3, -0.25) is 4.79 Å². The van der Waals surface area contributed by atoms with Crippen molar-refractivity contribution < 1.29 is 4.79 Å². The van der Waals surface area contributed by atoms with Crippen LogP contribution >= 0.6 is 11.3 Å². The van der Waals surface area contributed by atoms with Crippen LogP contribution in [0.4, 0.5) is 0 Å². The lowest BCUT2D eigenvalue weighted by molar-refractivity contribution is -0.124. The summed E-state index contributed by atoms with van der Waals surface area (Å²) in [5.41, 5.74) is 6.74. The van der Waals surface area contributed by atoms with Crippen LogP contribution in [0.2, 0.25) is 0 Å². The van der Waals surface area contributed by atoms with Gasteiger partial charge in [0.15, 0.2) is 0 Å². The van der Waals surface area contributed by atoms with E-state index in [2.05, 4.69) is 30.4 Å². The quantitative estimate of drug-likeness (QED) is 0.820. The maximum absolute atomic E-state index is 13.0. The molecule has 0 spiro atoms. The number of hydrogen-bond acceptors (Lipinski definition) is 3. The largest absolute Gasteiger partial charge is 0.352 e. The molecular weight excluding hydrogens is 304 g/mol. The number of carbonyl (C=O) groups is 1. The molecule has 1 aromatic heterocycles. The Hall–Kier alpha value is -1.65. The Labute approximate surface area is 141 Å². The second-order valence-electron chi connectivity index (χ2n) is 6.35. The molecule has 122 valence electrons. The zero-order chi connectivity index (χ0) is 16.3. The minimum atomic E-state index is -0.382. The van der Waals surface area contributed by atoms with Gasteiger partial charge < -0.3 is 11.1 Å². The predicted molar refractivity (Wildman–Crippen MR) is 95.5 cm³/mol. The highest BCUT2D eigenvalue weighted by Crippen LogP contribution is 2.55. The number of nitrogens with one attached hydrogen (secondary N) is 1. The molecule has 0 aliphatic heterocycles. The van der Waals surface area contributed by atoms with Crippen LogP contribution in [0.25, 0.3) is 0 Å². The molecule has 1 aromatic carbocycles. The molecule has 1 amide bonds. The van der Waals surface area contributed by atoms with Crippen molar-refractivity contribution in [2.75, 3.05) is 6.54 Å². The lowest BCUT2D eigenvalue weighted by Gasteiger charge is -2.22. The molecule has 0 bridgehead atoms. The Morgan fingerprint density at radius 2 is 2.13 bits per heavy atom. The van der Waals surface area contributed by atoms with Gasteiger partial charge in [0.2, 0.25) is 5.91 Å². The van der Waals surface area contributed by atoms with Crippen molar-refractivity contribution >= 4 is 17.2 Å². The first kappa shape index (κ1) is 16.2. The van der Waals surface area contributed by atoms with Crippen LogP contribution in [0.15, 0.2) is 47.8 Å². The molecule has 1 saturated carbocycles. The Balaban J connectivity index is 1.72. The molecule has 1 aliphatic carbocycles. The van der Waals surface area contributed by atoms with Crippen LogP contribution < -0.4 is 11.1 Å². The second-order valence-corrected chi connectivity index (χ2v) is 7.30. The maximum atomic E-state index is 13.0. The minimum absolute atomic E-state index is 0.151. The summed E-state index contributed by atoms with van der Waals surface area (Å²) in [6.07, 6.45) is 2.67. The molecule has 1 fully saturated rings. The smallest absolute Gasteiger partial charge is 0.232 e. The summed E-state index contributed by atoms with van der Waals surface area (Å²) in [6, 6.07) is 14.6. The summed E-state index contributed by atoms with van der Waals surface area (Å²) in [5.74, 6) is 0.425. The standard InChI is InChI=1S/C19H24N2OS/c1-2-16(11-14-7-4-3-5-8-14)21-18(22)19(12-15(19)13-20)17-9-6-10-23-17/h3-10,15-16H,2,11-13,20H2,1H3,(H,21,22)/t15-,16?,19-/m0/s1. The van der Waals surface area contributed by atoms with Crippen LogP contribution in [0.5, 0.6) is 0 Å².